The first-order valence-electron chi connectivity index (χ1n) is 11.9. The maximum absolute atomic E-state index is 13.1. The molecule has 0 radical (unpaired) electrons. The van der Waals surface area contributed by atoms with E-state index in [-0.39, 0.29) is 23.8 Å². The Labute approximate surface area is 247 Å². The number of ether oxygens (including phenoxy) is 4. The van der Waals surface area contributed by atoms with Gasteiger partial charge < -0.3 is 24.3 Å². The van der Waals surface area contributed by atoms with E-state index in [1.165, 1.54) is 39.7 Å². The quantitative estimate of drug-likeness (QED) is 0.0899. The molecule has 0 bridgehead atoms. The predicted octanol–water partition coefficient (Wildman–Crippen LogP) is 6.17. The van der Waals surface area contributed by atoms with Crippen LogP contribution in [0.5, 0.6) is 23.0 Å². The molecule has 4 aromatic rings. The number of amides is 1. The number of hydrogen-bond donors (Lipinski definition) is 2. The van der Waals surface area contributed by atoms with Crippen LogP contribution >= 0.6 is 31.9 Å². The maximum atomic E-state index is 13.1. The number of rotatable bonds is 10. The third kappa shape index (κ3) is 6.72. The van der Waals surface area contributed by atoms with Gasteiger partial charge in [-0.3, -0.25) is 4.79 Å². The standard InChI is InChI=1S/C29H25Br2N3O6/c1-37-24-12-18(13-25(38-2)28(24)39-3)29(36)40-27-19(11-20(30)14-22(27)31)15-33-34-26(35)16-32-23-10-6-8-17-7-4-5-9-21(17)23/h4-15,32H,16H2,1-3H3,(H,34,35). The molecule has 0 saturated heterocycles. The van der Waals surface area contributed by atoms with Gasteiger partial charge in [-0.2, -0.15) is 5.10 Å². The lowest BCUT2D eigenvalue weighted by molar-refractivity contribution is -0.119. The number of methoxy groups -OCH3 is 3. The lowest BCUT2D eigenvalue weighted by Crippen LogP contribution is -2.26. The van der Waals surface area contributed by atoms with Crippen LogP contribution in [0.4, 0.5) is 5.69 Å². The molecule has 0 atom stereocenters. The molecule has 0 saturated carbocycles. The Morgan fingerprint density at radius 2 is 1.57 bits per heavy atom. The molecule has 0 heterocycles. The summed E-state index contributed by atoms with van der Waals surface area (Å²) in [6.45, 7) is 0.0104. The molecule has 0 aliphatic rings. The van der Waals surface area contributed by atoms with E-state index in [0.717, 1.165) is 16.5 Å². The number of fused-ring (bicyclic) bond motifs is 1. The normalized spacial score (nSPS) is 10.8. The summed E-state index contributed by atoms with van der Waals surface area (Å²) in [6, 6.07) is 20.2. The van der Waals surface area contributed by atoms with E-state index in [2.05, 4.69) is 47.7 Å². The number of nitrogens with one attached hydrogen (secondary N) is 2. The van der Waals surface area contributed by atoms with Gasteiger partial charge in [0.05, 0.1) is 44.1 Å². The second-order valence-corrected chi connectivity index (χ2v) is 10.1. The van der Waals surface area contributed by atoms with Crippen molar-refractivity contribution < 1.29 is 28.5 Å². The number of hydrogen-bond acceptors (Lipinski definition) is 8. The van der Waals surface area contributed by atoms with E-state index in [0.29, 0.717) is 31.8 Å². The van der Waals surface area contributed by atoms with Crippen LogP contribution in [0.1, 0.15) is 15.9 Å². The molecule has 2 N–H and O–H groups in total. The van der Waals surface area contributed by atoms with Gasteiger partial charge in [-0.1, -0.05) is 52.3 Å². The molecule has 0 unspecified atom stereocenters. The fourth-order valence-corrected chi connectivity index (χ4v) is 5.24. The summed E-state index contributed by atoms with van der Waals surface area (Å²) in [5.74, 6) is 0.156. The molecule has 1 amide bonds. The Balaban J connectivity index is 1.48. The van der Waals surface area contributed by atoms with Gasteiger partial charge in [0, 0.05) is 21.1 Å². The molecule has 4 aromatic carbocycles. The molecule has 4 rings (SSSR count). The van der Waals surface area contributed by atoms with Gasteiger partial charge >= 0.3 is 5.97 Å². The highest BCUT2D eigenvalue weighted by atomic mass is 79.9. The first-order chi connectivity index (χ1) is 19.3. The van der Waals surface area contributed by atoms with Crippen LogP contribution in [0.2, 0.25) is 0 Å². The second-order valence-electron chi connectivity index (χ2n) is 8.28. The highest BCUT2D eigenvalue weighted by Crippen LogP contribution is 2.39. The zero-order chi connectivity index (χ0) is 28.6. The van der Waals surface area contributed by atoms with Gasteiger partial charge in [-0.15, -0.1) is 0 Å². The average Bonchev–Trinajstić information content (AvgIpc) is 2.96. The zero-order valence-electron chi connectivity index (χ0n) is 21.8. The van der Waals surface area contributed by atoms with E-state index in [1.54, 1.807) is 12.1 Å². The molecule has 40 heavy (non-hydrogen) atoms. The number of benzene rings is 4. The van der Waals surface area contributed by atoms with Crippen molar-refractivity contribution in [2.45, 2.75) is 0 Å². The Morgan fingerprint density at radius 1 is 0.875 bits per heavy atom. The molecule has 0 aromatic heterocycles. The first kappa shape index (κ1) is 28.9. The smallest absolute Gasteiger partial charge is 0.343 e. The minimum absolute atomic E-state index is 0.0104. The number of carbonyl (C=O) groups excluding carboxylic acids is 2. The number of hydrazone groups is 1. The second kappa shape index (κ2) is 13.3. The Morgan fingerprint density at radius 3 is 2.27 bits per heavy atom. The molecular formula is C29H25Br2N3O6. The molecule has 11 heteroatoms. The minimum atomic E-state index is -0.666. The molecule has 0 aliphatic heterocycles. The lowest BCUT2D eigenvalue weighted by atomic mass is 10.1. The Kier molecular flexibility index (Phi) is 9.62. The average molecular weight is 671 g/mol. The van der Waals surface area contributed by atoms with Crippen LogP contribution in [0.3, 0.4) is 0 Å². The van der Waals surface area contributed by atoms with Crippen LogP contribution in [0.25, 0.3) is 10.8 Å². The van der Waals surface area contributed by atoms with Crippen LogP contribution < -0.4 is 29.7 Å². The molecule has 206 valence electrons. The van der Waals surface area contributed by atoms with Crippen molar-refractivity contribution in [3.63, 3.8) is 0 Å². The van der Waals surface area contributed by atoms with Crippen molar-refractivity contribution in [2.24, 2.45) is 5.10 Å². The molecule has 9 nitrogen and oxygen atoms in total. The summed E-state index contributed by atoms with van der Waals surface area (Å²) in [5, 5.41) is 9.28. The topological polar surface area (TPSA) is 107 Å². The Hall–Kier alpha value is -4.09. The van der Waals surface area contributed by atoms with Gasteiger partial charge in [-0.25, -0.2) is 10.2 Å². The molecule has 0 aliphatic carbocycles. The monoisotopic (exact) mass is 669 g/mol. The number of esters is 1. The van der Waals surface area contributed by atoms with Crippen molar-refractivity contribution in [3.8, 4) is 23.0 Å². The van der Waals surface area contributed by atoms with E-state index < -0.39 is 5.97 Å². The van der Waals surface area contributed by atoms with Crippen LogP contribution in [-0.4, -0.2) is 46.0 Å². The van der Waals surface area contributed by atoms with Crippen LogP contribution in [-0.2, 0) is 4.79 Å². The van der Waals surface area contributed by atoms with Gasteiger partial charge in [0.15, 0.2) is 17.2 Å². The predicted molar refractivity (Wildman–Crippen MR) is 161 cm³/mol. The highest BCUT2D eigenvalue weighted by molar-refractivity contribution is 9.11. The highest BCUT2D eigenvalue weighted by Gasteiger charge is 2.20. The first-order valence-corrected chi connectivity index (χ1v) is 13.5. The number of anilines is 1. The summed E-state index contributed by atoms with van der Waals surface area (Å²) < 4.78 is 22.9. The van der Waals surface area contributed by atoms with Crippen LogP contribution in [0, 0.1) is 0 Å². The molecule has 0 spiro atoms. The summed E-state index contributed by atoms with van der Waals surface area (Å²) >= 11 is 6.86. The van der Waals surface area contributed by atoms with Crippen molar-refractivity contribution >= 4 is 66.4 Å². The fourth-order valence-electron chi connectivity index (χ4n) is 3.90. The van der Waals surface area contributed by atoms with Gasteiger partial charge in [-0.05, 0) is 51.6 Å². The van der Waals surface area contributed by atoms with Crippen molar-refractivity contribution in [1.82, 2.24) is 5.43 Å². The number of nitrogens with zero attached hydrogens (tertiary/aromatic N) is 1. The summed E-state index contributed by atoms with van der Waals surface area (Å²) in [4.78, 5) is 25.6. The lowest BCUT2D eigenvalue weighted by Gasteiger charge is -2.15. The zero-order valence-corrected chi connectivity index (χ0v) is 25.0. The fraction of sp³-hybridized carbons (Fsp3) is 0.138. The van der Waals surface area contributed by atoms with Gasteiger partial charge in [0.2, 0.25) is 5.75 Å². The van der Waals surface area contributed by atoms with Crippen LogP contribution in [0.15, 0.2) is 80.8 Å². The largest absolute Gasteiger partial charge is 0.493 e. The maximum Gasteiger partial charge on any atom is 0.343 e. The third-order valence-corrected chi connectivity index (χ3v) is 6.80. The van der Waals surface area contributed by atoms with E-state index in [1.807, 2.05) is 42.5 Å². The van der Waals surface area contributed by atoms with Crippen molar-refractivity contribution in [1.29, 1.82) is 0 Å². The van der Waals surface area contributed by atoms with E-state index >= 15 is 0 Å². The van der Waals surface area contributed by atoms with Crippen molar-refractivity contribution in [2.75, 3.05) is 33.2 Å². The molecule has 0 fully saturated rings. The third-order valence-electron chi connectivity index (χ3n) is 5.75. The Bertz CT molecular complexity index is 1560. The van der Waals surface area contributed by atoms with E-state index in [9.17, 15) is 9.59 Å². The SMILES string of the molecule is COc1cc(C(=O)Oc2c(Br)cc(Br)cc2C=NNC(=O)CNc2cccc3ccccc23)cc(OC)c1OC. The molecular weight excluding hydrogens is 646 g/mol. The summed E-state index contributed by atoms with van der Waals surface area (Å²) in [5.41, 5.74) is 3.95. The number of carbonyl (C=O) groups is 2. The number of halogens is 2. The van der Waals surface area contributed by atoms with E-state index in [4.69, 9.17) is 18.9 Å². The van der Waals surface area contributed by atoms with Gasteiger partial charge in [0.1, 0.15) is 0 Å². The summed E-state index contributed by atoms with van der Waals surface area (Å²) in [6.07, 6.45) is 1.39. The van der Waals surface area contributed by atoms with Gasteiger partial charge in [0.25, 0.3) is 5.91 Å². The van der Waals surface area contributed by atoms with Crippen molar-refractivity contribution in [3.05, 3.63) is 86.8 Å². The summed E-state index contributed by atoms with van der Waals surface area (Å²) in [7, 11) is 4.39. The minimum Gasteiger partial charge on any atom is -0.493 e.